The van der Waals surface area contributed by atoms with Gasteiger partial charge < -0.3 is 5.32 Å². The second-order valence-electron chi connectivity index (χ2n) is 5.13. The molecule has 5 nitrogen and oxygen atoms in total. The standard InChI is InChI=1S/C14H21N3O2/c1-3-16(9-11-4-5-11)10-12-6-7-14(17(18)19)13(8-12)15-2/h6-8,11,15H,3-5,9-10H2,1-2H3. The predicted molar refractivity (Wildman–Crippen MR) is 76.3 cm³/mol. The lowest BCUT2D eigenvalue weighted by Gasteiger charge is -2.20. The average molecular weight is 263 g/mol. The van der Waals surface area contributed by atoms with Gasteiger partial charge >= 0.3 is 0 Å². The van der Waals surface area contributed by atoms with Crippen molar-refractivity contribution < 1.29 is 4.92 Å². The Kier molecular flexibility index (Phi) is 4.37. The zero-order valence-corrected chi connectivity index (χ0v) is 11.6. The van der Waals surface area contributed by atoms with E-state index in [1.165, 1.54) is 12.8 Å². The van der Waals surface area contributed by atoms with Crippen molar-refractivity contribution in [2.45, 2.75) is 26.3 Å². The number of anilines is 1. The molecule has 0 aromatic heterocycles. The van der Waals surface area contributed by atoms with Crippen LogP contribution in [0.15, 0.2) is 18.2 Å². The summed E-state index contributed by atoms with van der Waals surface area (Å²) in [7, 11) is 1.72. The molecule has 1 aliphatic carbocycles. The van der Waals surface area contributed by atoms with E-state index in [2.05, 4.69) is 17.1 Å². The Morgan fingerprint density at radius 1 is 1.47 bits per heavy atom. The van der Waals surface area contributed by atoms with E-state index in [0.717, 1.165) is 31.1 Å². The lowest BCUT2D eigenvalue weighted by Crippen LogP contribution is -2.25. The molecule has 0 aliphatic heterocycles. The zero-order valence-electron chi connectivity index (χ0n) is 11.6. The summed E-state index contributed by atoms with van der Waals surface area (Å²) < 4.78 is 0. The van der Waals surface area contributed by atoms with Gasteiger partial charge in [0.1, 0.15) is 5.69 Å². The molecule has 0 radical (unpaired) electrons. The predicted octanol–water partition coefficient (Wildman–Crippen LogP) is 2.87. The van der Waals surface area contributed by atoms with Gasteiger partial charge in [0.05, 0.1) is 4.92 Å². The van der Waals surface area contributed by atoms with E-state index in [-0.39, 0.29) is 10.6 Å². The quantitative estimate of drug-likeness (QED) is 0.607. The van der Waals surface area contributed by atoms with Crippen molar-refractivity contribution in [2.75, 3.05) is 25.5 Å². The largest absolute Gasteiger partial charge is 0.383 e. The van der Waals surface area contributed by atoms with Crippen molar-refractivity contribution >= 4 is 11.4 Å². The zero-order chi connectivity index (χ0) is 13.8. The van der Waals surface area contributed by atoms with Gasteiger partial charge in [-0.2, -0.15) is 0 Å². The van der Waals surface area contributed by atoms with E-state index in [4.69, 9.17) is 0 Å². The lowest BCUT2D eigenvalue weighted by molar-refractivity contribution is -0.384. The molecule has 19 heavy (non-hydrogen) atoms. The minimum absolute atomic E-state index is 0.136. The van der Waals surface area contributed by atoms with Crippen molar-refractivity contribution in [3.05, 3.63) is 33.9 Å². The maximum absolute atomic E-state index is 10.9. The molecule has 0 unspecified atom stereocenters. The number of nitro benzene ring substituents is 1. The molecule has 0 spiro atoms. The fraction of sp³-hybridized carbons (Fsp3) is 0.571. The van der Waals surface area contributed by atoms with Crippen LogP contribution in [-0.4, -0.2) is 30.0 Å². The van der Waals surface area contributed by atoms with Gasteiger partial charge in [-0.3, -0.25) is 15.0 Å². The van der Waals surface area contributed by atoms with E-state index < -0.39 is 0 Å². The van der Waals surface area contributed by atoms with Gasteiger partial charge in [-0.15, -0.1) is 0 Å². The minimum Gasteiger partial charge on any atom is -0.383 e. The average Bonchev–Trinajstić information content (AvgIpc) is 3.21. The second-order valence-corrected chi connectivity index (χ2v) is 5.13. The number of nitrogens with one attached hydrogen (secondary N) is 1. The van der Waals surface area contributed by atoms with Crippen LogP contribution < -0.4 is 5.32 Å². The van der Waals surface area contributed by atoms with Crippen molar-refractivity contribution in [1.29, 1.82) is 0 Å². The number of nitrogens with zero attached hydrogens (tertiary/aromatic N) is 2. The van der Waals surface area contributed by atoms with E-state index in [1.807, 2.05) is 12.1 Å². The van der Waals surface area contributed by atoms with Crippen molar-refractivity contribution in [2.24, 2.45) is 5.92 Å². The summed E-state index contributed by atoms with van der Waals surface area (Å²) in [4.78, 5) is 12.9. The summed E-state index contributed by atoms with van der Waals surface area (Å²) in [5, 5.41) is 13.8. The Labute approximate surface area is 113 Å². The molecule has 0 amide bonds. The van der Waals surface area contributed by atoms with Gasteiger partial charge in [-0.1, -0.05) is 13.0 Å². The first-order valence-electron chi connectivity index (χ1n) is 6.81. The summed E-state index contributed by atoms with van der Waals surface area (Å²) >= 11 is 0. The third-order valence-electron chi connectivity index (χ3n) is 3.59. The fourth-order valence-corrected chi connectivity index (χ4v) is 2.27. The molecular formula is C14H21N3O2. The number of hydrogen-bond donors (Lipinski definition) is 1. The smallest absolute Gasteiger partial charge is 0.292 e. The minimum atomic E-state index is -0.350. The van der Waals surface area contributed by atoms with Gasteiger partial charge in [-0.05, 0) is 36.9 Å². The normalized spacial score (nSPS) is 14.7. The monoisotopic (exact) mass is 263 g/mol. The Hall–Kier alpha value is -1.62. The van der Waals surface area contributed by atoms with Crippen LogP contribution in [-0.2, 0) is 6.54 Å². The molecule has 1 fully saturated rings. The van der Waals surface area contributed by atoms with Gasteiger partial charge in [0.2, 0.25) is 0 Å². The molecule has 0 atom stereocenters. The molecule has 1 aromatic carbocycles. The molecule has 1 N–H and O–H groups in total. The van der Waals surface area contributed by atoms with Crippen molar-refractivity contribution in [1.82, 2.24) is 4.90 Å². The summed E-state index contributed by atoms with van der Waals surface area (Å²) in [6, 6.07) is 5.33. The van der Waals surface area contributed by atoms with Gasteiger partial charge in [-0.25, -0.2) is 0 Å². The fourth-order valence-electron chi connectivity index (χ4n) is 2.27. The third-order valence-corrected chi connectivity index (χ3v) is 3.59. The van der Waals surface area contributed by atoms with E-state index >= 15 is 0 Å². The maximum Gasteiger partial charge on any atom is 0.292 e. The van der Waals surface area contributed by atoms with E-state index in [0.29, 0.717) is 5.69 Å². The first kappa shape index (κ1) is 13.8. The van der Waals surface area contributed by atoms with Crippen LogP contribution in [0.2, 0.25) is 0 Å². The first-order valence-corrected chi connectivity index (χ1v) is 6.81. The number of rotatable bonds is 7. The first-order chi connectivity index (χ1) is 9.13. The molecule has 0 saturated heterocycles. The molecule has 1 saturated carbocycles. The molecule has 104 valence electrons. The van der Waals surface area contributed by atoms with Crippen LogP contribution in [0.5, 0.6) is 0 Å². The van der Waals surface area contributed by atoms with Crippen LogP contribution in [0.25, 0.3) is 0 Å². The Balaban J connectivity index is 2.08. The molecule has 5 heteroatoms. The summed E-state index contributed by atoms with van der Waals surface area (Å²) in [6.45, 7) is 5.18. The van der Waals surface area contributed by atoms with Crippen molar-refractivity contribution in [3.8, 4) is 0 Å². The highest BCUT2D eigenvalue weighted by Gasteiger charge is 2.24. The lowest BCUT2D eigenvalue weighted by atomic mass is 10.1. The molecule has 0 bridgehead atoms. The number of hydrogen-bond acceptors (Lipinski definition) is 4. The molecule has 2 rings (SSSR count). The molecule has 1 aliphatic rings. The highest BCUT2D eigenvalue weighted by Crippen LogP contribution is 2.30. The summed E-state index contributed by atoms with van der Waals surface area (Å²) in [5.41, 5.74) is 1.85. The van der Waals surface area contributed by atoms with Crippen LogP contribution in [0.4, 0.5) is 11.4 Å². The van der Waals surface area contributed by atoms with Crippen molar-refractivity contribution in [3.63, 3.8) is 0 Å². The molecule has 1 aromatic rings. The van der Waals surface area contributed by atoms with Crippen LogP contribution in [0.3, 0.4) is 0 Å². The Morgan fingerprint density at radius 3 is 2.74 bits per heavy atom. The molecular weight excluding hydrogens is 242 g/mol. The second kappa shape index (κ2) is 6.02. The summed E-state index contributed by atoms with van der Waals surface area (Å²) in [5.74, 6) is 0.863. The van der Waals surface area contributed by atoms with Gasteiger partial charge in [0.15, 0.2) is 0 Å². The van der Waals surface area contributed by atoms with Gasteiger partial charge in [0, 0.05) is 26.2 Å². The van der Waals surface area contributed by atoms with E-state index in [1.54, 1.807) is 13.1 Å². The van der Waals surface area contributed by atoms with Crippen LogP contribution in [0, 0.1) is 16.0 Å². The van der Waals surface area contributed by atoms with Crippen LogP contribution >= 0.6 is 0 Å². The SMILES string of the molecule is CCN(Cc1ccc([N+](=O)[O-])c(NC)c1)CC1CC1. The summed E-state index contributed by atoms with van der Waals surface area (Å²) in [6.07, 6.45) is 2.69. The topological polar surface area (TPSA) is 58.4 Å². The number of benzene rings is 1. The molecule has 0 heterocycles. The van der Waals surface area contributed by atoms with E-state index in [9.17, 15) is 10.1 Å². The Bertz CT molecular complexity index is 458. The maximum atomic E-state index is 10.9. The van der Waals surface area contributed by atoms with Crippen LogP contribution in [0.1, 0.15) is 25.3 Å². The highest BCUT2D eigenvalue weighted by molar-refractivity contribution is 5.62. The van der Waals surface area contributed by atoms with Gasteiger partial charge in [0.25, 0.3) is 5.69 Å². The number of nitro groups is 1. The highest BCUT2D eigenvalue weighted by atomic mass is 16.6. The Morgan fingerprint density at radius 2 is 2.21 bits per heavy atom. The third kappa shape index (κ3) is 3.67.